The quantitative estimate of drug-likeness (QED) is 0.566. The summed E-state index contributed by atoms with van der Waals surface area (Å²) in [4.78, 5) is 0. The van der Waals surface area contributed by atoms with E-state index in [4.69, 9.17) is 0 Å². The molecule has 0 nitrogen and oxygen atoms in total. The lowest BCUT2D eigenvalue weighted by Gasteiger charge is -2.30. The van der Waals surface area contributed by atoms with Gasteiger partial charge >= 0.3 is 0 Å². The molecule has 0 atom stereocenters. The fourth-order valence-corrected chi connectivity index (χ4v) is 2.69. The third kappa shape index (κ3) is 1.30. The van der Waals surface area contributed by atoms with E-state index < -0.39 is 0 Å². The van der Waals surface area contributed by atoms with Gasteiger partial charge in [0.2, 0.25) is 0 Å². The SMILES string of the molecule is Cc1ccc2c3c(cccc13)[CH-]C(C)(C)[CH+]2. The van der Waals surface area contributed by atoms with E-state index in [1.807, 2.05) is 0 Å². The van der Waals surface area contributed by atoms with Crippen LogP contribution in [-0.4, -0.2) is 0 Å². The molecule has 0 saturated carbocycles. The lowest BCUT2D eigenvalue weighted by Crippen LogP contribution is -2.18. The van der Waals surface area contributed by atoms with E-state index in [2.05, 4.69) is 63.9 Å². The Morgan fingerprint density at radius 2 is 1.94 bits per heavy atom. The van der Waals surface area contributed by atoms with Crippen molar-refractivity contribution in [2.45, 2.75) is 20.8 Å². The fourth-order valence-electron chi connectivity index (χ4n) is 2.69. The van der Waals surface area contributed by atoms with E-state index in [0.717, 1.165) is 0 Å². The Balaban J connectivity index is 2.39. The van der Waals surface area contributed by atoms with Crippen LogP contribution in [0.15, 0.2) is 30.3 Å². The van der Waals surface area contributed by atoms with Crippen molar-refractivity contribution < 1.29 is 0 Å². The van der Waals surface area contributed by atoms with E-state index >= 15 is 0 Å². The van der Waals surface area contributed by atoms with Crippen molar-refractivity contribution in [3.05, 3.63) is 59.9 Å². The first-order valence-corrected chi connectivity index (χ1v) is 5.81. The predicted octanol–water partition coefficient (Wildman–Crippen LogP) is 4.29. The summed E-state index contributed by atoms with van der Waals surface area (Å²) in [6, 6.07) is 11.1. The fraction of sp³-hybridized carbons (Fsp3) is 0.250. The van der Waals surface area contributed by atoms with E-state index in [1.54, 1.807) is 0 Å². The second-order valence-corrected chi connectivity index (χ2v) is 5.35. The molecule has 2 aromatic rings. The van der Waals surface area contributed by atoms with Gasteiger partial charge in [-0.1, -0.05) is 25.5 Å². The second-order valence-electron chi connectivity index (χ2n) is 5.35. The van der Waals surface area contributed by atoms with Gasteiger partial charge in [0.05, 0.1) is 5.39 Å². The van der Waals surface area contributed by atoms with Crippen LogP contribution in [0.4, 0.5) is 0 Å². The molecule has 0 bridgehead atoms. The third-order valence-electron chi connectivity index (χ3n) is 3.38. The van der Waals surface area contributed by atoms with Crippen molar-refractivity contribution >= 4 is 10.8 Å². The lowest BCUT2D eigenvalue weighted by atomic mass is 9.73. The maximum atomic E-state index is 2.36. The Bertz CT molecular complexity index is 547. The van der Waals surface area contributed by atoms with Crippen LogP contribution in [0, 0.1) is 25.2 Å². The molecule has 1 aliphatic rings. The Morgan fingerprint density at radius 3 is 2.75 bits per heavy atom. The summed E-state index contributed by atoms with van der Waals surface area (Å²) in [5, 5.41) is 2.81. The smallest absolute Gasteiger partial charge is 0.136 e. The second kappa shape index (κ2) is 2.98. The zero-order valence-electron chi connectivity index (χ0n) is 10.0. The lowest BCUT2D eigenvalue weighted by molar-refractivity contribution is 0.539. The van der Waals surface area contributed by atoms with Gasteiger partial charge < -0.3 is 0 Å². The highest BCUT2D eigenvalue weighted by Crippen LogP contribution is 2.41. The molecule has 0 saturated heterocycles. The molecule has 0 heteroatoms. The minimum atomic E-state index is 0.163. The van der Waals surface area contributed by atoms with Gasteiger partial charge in [0, 0.05) is 23.3 Å². The van der Waals surface area contributed by atoms with Gasteiger partial charge in [-0.25, -0.2) is 0 Å². The first-order chi connectivity index (χ1) is 7.57. The van der Waals surface area contributed by atoms with Crippen LogP contribution in [0.25, 0.3) is 10.8 Å². The first kappa shape index (κ1) is 9.65. The molecule has 3 rings (SSSR count). The molecule has 0 unspecified atom stereocenters. The van der Waals surface area contributed by atoms with Crippen molar-refractivity contribution in [3.63, 3.8) is 0 Å². The van der Waals surface area contributed by atoms with Gasteiger partial charge in [-0.05, 0) is 18.6 Å². The first-order valence-electron chi connectivity index (χ1n) is 5.81. The normalized spacial score (nSPS) is 16.7. The Morgan fingerprint density at radius 1 is 1.12 bits per heavy atom. The zero-order valence-corrected chi connectivity index (χ0v) is 10.0. The van der Waals surface area contributed by atoms with Crippen LogP contribution in [-0.2, 0) is 0 Å². The van der Waals surface area contributed by atoms with Gasteiger partial charge in [0.25, 0.3) is 0 Å². The summed E-state index contributed by atoms with van der Waals surface area (Å²) in [5.41, 5.74) is 4.28. The highest BCUT2D eigenvalue weighted by Gasteiger charge is 2.29. The molecule has 80 valence electrons. The van der Waals surface area contributed by atoms with E-state index in [1.165, 1.54) is 27.5 Å². The molecule has 0 heterocycles. The van der Waals surface area contributed by atoms with Crippen molar-refractivity contribution in [1.82, 2.24) is 0 Å². The van der Waals surface area contributed by atoms with Crippen molar-refractivity contribution in [2.24, 2.45) is 5.41 Å². The van der Waals surface area contributed by atoms with Crippen LogP contribution in [0.2, 0.25) is 0 Å². The minimum absolute atomic E-state index is 0.163. The van der Waals surface area contributed by atoms with E-state index in [-0.39, 0.29) is 5.41 Å². The molecule has 16 heavy (non-hydrogen) atoms. The maximum absolute atomic E-state index is 2.36. The number of benzene rings is 2. The van der Waals surface area contributed by atoms with Crippen LogP contribution in [0.3, 0.4) is 0 Å². The Kier molecular flexibility index (Phi) is 1.79. The van der Waals surface area contributed by atoms with Crippen LogP contribution < -0.4 is 0 Å². The molecular formula is C16H16. The molecule has 0 radical (unpaired) electrons. The highest BCUT2D eigenvalue weighted by atomic mass is 14.3. The molecule has 0 aromatic heterocycles. The topological polar surface area (TPSA) is 0 Å². The Hall–Kier alpha value is -1.56. The van der Waals surface area contributed by atoms with E-state index in [0.29, 0.717) is 0 Å². The summed E-state index contributed by atoms with van der Waals surface area (Å²) >= 11 is 0. The van der Waals surface area contributed by atoms with Crippen LogP contribution >= 0.6 is 0 Å². The van der Waals surface area contributed by atoms with Gasteiger partial charge in [-0.3, -0.25) is 0 Å². The van der Waals surface area contributed by atoms with Crippen LogP contribution in [0.1, 0.15) is 30.5 Å². The van der Waals surface area contributed by atoms with E-state index in [9.17, 15) is 0 Å². The number of hydrogen-bond donors (Lipinski definition) is 0. The summed E-state index contributed by atoms with van der Waals surface area (Å²) in [6.07, 6.45) is 4.73. The molecule has 2 aromatic carbocycles. The standard InChI is InChI=1S/C16H16/c1-11-7-8-13-10-16(2,3)9-12-5-4-6-14(11)15(12)13/h4-10H,1-3H3. The molecule has 0 N–H and O–H groups in total. The average molecular weight is 208 g/mol. The molecule has 0 spiro atoms. The third-order valence-corrected chi connectivity index (χ3v) is 3.38. The molecule has 0 fully saturated rings. The zero-order chi connectivity index (χ0) is 11.3. The van der Waals surface area contributed by atoms with Gasteiger partial charge in [-0.15, -0.1) is 18.6 Å². The van der Waals surface area contributed by atoms with Crippen molar-refractivity contribution in [1.29, 1.82) is 0 Å². The monoisotopic (exact) mass is 208 g/mol. The minimum Gasteiger partial charge on any atom is -0.137 e. The largest absolute Gasteiger partial charge is 0.137 e. The van der Waals surface area contributed by atoms with Gasteiger partial charge in [0.15, 0.2) is 0 Å². The molecular weight excluding hydrogens is 192 g/mol. The predicted molar refractivity (Wildman–Crippen MR) is 69.3 cm³/mol. The summed E-state index contributed by atoms with van der Waals surface area (Å²) in [5.74, 6) is 0. The number of aryl methyl sites for hydroxylation is 1. The number of hydrogen-bond acceptors (Lipinski definition) is 0. The Labute approximate surface area is 97.3 Å². The molecule has 0 aliphatic heterocycles. The highest BCUT2D eigenvalue weighted by molar-refractivity contribution is 5.94. The summed E-state index contributed by atoms with van der Waals surface area (Å²) < 4.78 is 0. The molecule has 0 amide bonds. The van der Waals surface area contributed by atoms with Crippen LogP contribution in [0.5, 0.6) is 0 Å². The van der Waals surface area contributed by atoms with Gasteiger partial charge in [-0.2, -0.15) is 0 Å². The summed E-state index contributed by atoms with van der Waals surface area (Å²) in [6.45, 7) is 6.70. The molecule has 1 aliphatic carbocycles. The van der Waals surface area contributed by atoms with Gasteiger partial charge in [0.1, 0.15) is 5.56 Å². The number of rotatable bonds is 0. The maximum Gasteiger partial charge on any atom is 0.136 e. The van der Waals surface area contributed by atoms with Crippen molar-refractivity contribution in [2.75, 3.05) is 0 Å². The average Bonchev–Trinajstić information content (AvgIpc) is 2.21. The van der Waals surface area contributed by atoms with Crippen molar-refractivity contribution in [3.8, 4) is 0 Å². The summed E-state index contributed by atoms with van der Waals surface area (Å²) in [7, 11) is 0.